The van der Waals surface area contributed by atoms with Crippen molar-refractivity contribution in [1.82, 2.24) is 4.57 Å². The van der Waals surface area contributed by atoms with E-state index >= 15 is 0 Å². The zero-order chi connectivity index (χ0) is 14.7. The Morgan fingerprint density at radius 3 is 2.55 bits per heavy atom. The van der Waals surface area contributed by atoms with Crippen molar-refractivity contribution in [3.05, 3.63) is 56.4 Å². The lowest BCUT2D eigenvalue weighted by molar-refractivity contribution is 0.273. The van der Waals surface area contributed by atoms with Gasteiger partial charge in [0.05, 0.1) is 17.3 Å². The first kappa shape index (κ1) is 14.8. The third-order valence-electron chi connectivity index (χ3n) is 3.00. The highest BCUT2D eigenvalue weighted by Crippen LogP contribution is 2.32. The fourth-order valence-electron chi connectivity index (χ4n) is 1.96. The highest BCUT2D eigenvalue weighted by molar-refractivity contribution is 9.10. The van der Waals surface area contributed by atoms with Crippen molar-refractivity contribution in [2.24, 2.45) is 0 Å². The third-order valence-corrected chi connectivity index (χ3v) is 3.62. The molecule has 0 aliphatic carbocycles. The molecule has 0 unspecified atom stereocenters. The van der Waals surface area contributed by atoms with Gasteiger partial charge in [-0.15, -0.1) is 0 Å². The fourth-order valence-corrected chi connectivity index (χ4v) is 2.34. The van der Waals surface area contributed by atoms with Gasteiger partial charge in [0.25, 0.3) is 5.56 Å². The van der Waals surface area contributed by atoms with Crippen molar-refractivity contribution < 1.29 is 9.84 Å². The molecule has 2 rings (SSSR count). The fraction of sp³-hybridized carbons (Fsp3) is 0.267. The molecule has 106 valence electrons. The molecule has 4 nitrogen and oxygen atoms in total. The van der Waals surface area contributed by atoms with Gasteiger partial charge in [-0.1, -0.05) is 18.2 Å². The monoisotopic (exact) mass is 337 g/mol. The average molecular weight is 338 g/mol. The Bertz CT molecular complexity index is 659. The van der Waals surface area contributed by atoms with Gasteiger partial charge >= 0.3 is 0 Å². The van der Waals surface area contributed by atoms with Crippen LogP contribution in [-0.2, 0) is 6.54 Å². The number of pyridine rings is 1. The Labute approximate surface area is 125 Å². The van der Waals surface area contributed by atoms with Crippen molar-refractivity contribution in [1.29, 1.82) is 0 Å². The Kier molecular flexibility index (Phi) is 4.62. The number of aliphatic hydroxyl groups excluding tert-OH is 1. The first-order chi connectivity index (χ1) is 9.52. The van der Waals surface area contributed by atoms with Crippen molar-refractivity contribution in [2.75, 3.05) is 6.61 Å². The zero-order valence-corrected chi connectivity index (χ0v) is 13.0. The number of halogens is 1. The molecule has 20 heavy (non-hydrogen) atoms. The number of aromatic nitrogens is 1. The van der Waals surface area contributed by atoms with Crippen LogP contribution < -0.4 is 10.3 Å². The van der Waals surface area contributed by atoms with Crippen LogP contribution >= 0.6 is 15.9 Å². The number of aryl methyl sites for hydroxylation is 2. The second-order valence-corrected chi connectivity index (χ2v) is 5.42. The molecule has 0 spiro atoms. The quantitative estimate of drug-likeness (QED) is 0.932. The summed E-state index contributed by atoms with van der Waals surface area (Å²) < 4.78 is 7.95. The molecule has 1 N–H and O–H groups in total. The summed E-state index contributed by atoms with van der Waals surface area (Å²) in [6.07, 6.45) is 1.61. The highest BCUT2D eigenvalue weighted by Gasteiger charge is 2.10. The van der Waals surface area contributed by atoms with E-state index < -0.39 is 0 Å². The molecule has 0 aliphatic rings. The molecule has 0 saturated heterocycles. The standard InChI is InChI=1S/C15H16BrNO3/c1-10-4-3-5-11(2)15(10)20-13-9-17(6-7-18)14(19)8-12(13)16/h3-5,8-9,18H,6-7H2,1-2H3. The summed E-state index contributed by atoms with van der Waals surface area (Å²) in [6.45, 7) is 4.10. The Hall–Kier alpha value is -1.59. The van der Waals surface area contributed by atoms with Crippen LogP contribution in [-0.4, -0.2) is 16.3 Å². The largest absolute Gasteiger partial charge is 0.454 e. The van der Waals surface area contributed by atoms with Crippen molar-refractivity contribution in [3.63, 3.8) is 0 Å². The lowest BCUT2D eigenvalue weighted by Crippen LogP contribution is -2.20. The lowest BCUT2D eigenvalue weighted by atomic mass is 10.1. The van der Waals surface area contributed by atoms with Crippen LogP contribution in [0, 0.1) is 13.8 Å². The van der Waals surface area contributed by atoms with Crippen molar-refractivity contribution >= 4 is 15.9 Å². The van der Waals surface area contributed by atoms with Gasteiger partial charge in [-0.2, -0.15) is 0 Å². The Morgan fingerprint density at radius 1 is 1.30 bits per heavy atom. The van der Waals surface area contributed by atoms with E-state index in [-0.39, 0.29) is 18.7 Å². The first-order valence-corrected chi connectivity index (χ1v) is 7.07. The summed E-state index contributed by atoms with van der Waals surface area (Å²) in [5.74, 6) is 1.33. The van der Waals surface area contributed by atoms with E-state index in [0.29, 0.717) is 10.2 Å². The molecular formula is C15H16BrNO3. The van der Waals surface area contributed by atoms with E-state index in [1.54, 1.807) is 6.20 Å². The molecule has 5 heteroatoms. The van der Waals surface area contributed by atoms with E-state index in [4.69, 9.17) is 9.84 Å². The normalized spacial score (nSPS) is 10.6. The van der Waals surface area contributed by atoms with E-state index in [1.807, 2.05) is 32.0 Å². The second kappa shape index (κ2) is 6.24. The molecule has 0 amide bonds. The van der Waals surface area contributed by atoms with Crippen molar-refractivity contribution in [3.8, 4) is 11.5 Å². The maximum Gasteiger partial charge on any atom is 0.251 e. The second-order valence-electron chi connectivity index (χ2n) is 4.56. The minimum absolute atomic E-state index is 0.0929. The summed E-state index contributed by atoms with van der Waals surface area (Å²) in [7, 11) is 0. The number of hydrogen-bond donors (Lipinski definition) is 1. The molecule has 0 bridgehead atoms. The summed E-state index contributed by atoms with van der Waals surface area (Å²) in [5, 5.41) is 8.97. The van der Waals surface area contributed by atoms with Gasteiger partial charge in [-0.3, -0.25) is 4.79 Å². The third kappa shape index (κ3) is 3.11. The molecule has 1 aromatic heterocycles. The molecule has 1 heterocycles. The highest BCUT2D eigenvalue weighted by atomic mass is 79.9. The zero-order valence-electron chi connectivity index (χ0n) is 11.4. The van der Waals surface area contributed by atoms with Crippen molar-refractivity contribution in [2.45, 2.75) is 20.4 Å². The minimum atomic E-state index is -0.181. The van der Waals surface area contributed by atoms with E-state index in [2.05, 4.69) is 15.9 Å². The SMILES string of the molecule is Cc1cccc(C)c1Oc1cn(CCO)c(=O)cc1Br. The van der Waals surface area contributed by atoms with Gasteiger partial charge < -0.3 is 14.4 Å². The number of ether oxygens (including phenoxy) is 1. The van der Waals surface area contributed by atoms with Crippen LogP contribution in [0.2, 0.25) is 0 Å². The van der Waals surface area contributed by atoms with E-state index in [0.717, 1.165) is 16.9 Å². The number of para-hydroxylation sites is 1. The van der Waals surface area contributed by atoms with Crippen LogP contribution in [0.15, 0.2) is 39.7 Å². The van der Waals surface area contributed by atoms with Crippen LogP contribution in [0.1, 0.15) is 11.1 Å². The Balaban J connectivity index is 2.43. The maximum absolute atomic E-state index is 11.7. The summed E-state index contributed by atoms with van der Waals surface area (Å²) in [5.41, 5.74) is 1.87. The van der Waals surface area contributed by atoms with Crippen LogP contribution in [0.4, 0.5) is 0 Å². The van der Waals surface area contributed by atoms with Crippen LogP contribution in [0.25, 0.3) is 0 Å². The maximum atomic E-state index is 11.7. The first-order valence-electron chi connectivity index (χ1n) is 6.28. The summed E-state index contributed by atoms with van der Waals surface area (Å²) >= 11 is 3.34. The molecule has 0 atom stereocenters. The van der Waals surface area contributed by atoms with Gasteiger partial charge in [0.1, 0.15) is 5.75 Å². The predicted octanol–water partition coefficient (Wildman–Crippen LogP) is 3.01. The summed E-state index contributed by atoms with van der Waals surface area (Å²) in [4.78, 5) is 11.7. The molecule has 0 saturated carbocycles. The summed E-state index contributed by atoms with van der Waals surface area (Å²) in [6, 6.07) is 7.36. The van der Waals surface area contributed by atoms with Gasteiger partial charge in [0.15, 0.2) is 5.75 Å². The van der Waals surface area contributed by atoms with Gasteiger partial charge in [-0.05, 0) is 40.9 Å². The lowest BCUT2D eigenvalue weighted by Gasteiger charge is -2.14. The molecule has 0 radical (unpaired) electrons. The van der Waals surface area contributed by atoms with E-state index in [9.17, 15) is 4.79 Å². The molecule has 0 fully saturated rings. The molecule has 2 aromatic rings. The number of rotatable bonds is 4. The van der Waals surface area contributed by atoms with E-state index in [1.165, 1.54) is 10.6 Å². The topological polar surface area (TPSA) is 51.5 Å². The smallest absolute Gasteiger partial charge is 0.251 e. The van der Waals surface area contributed by atoms with Gasteiger partial charge in [-0.25, -0.2) is 0 Å². The predicted molar refractivity (Wildman–Crippen MR) is 81.5 cm³/mol. The number of hydrogen-bond acceptors (Lipinski definition) is 3. The molecular weight excluding hydrogens is 322 g/mol. The minimum Gasteiger partial charge on any atom is -0.454 e. The number of aliphatic hydroxyl groups is 1. The Morgan fingerprint density at radius 2 is 1.95 bits per heavy atom. The molecule has 0 aliphatic heterocycles. The van der Waals surface area contributed by atoms with Crippen LogP contribution in [0.5, 0.6) is 11.5 Å². The number of benzene rings is 1. The average Bonchev–Trinajstić information content (AvgIpc) is 2.39. The van der Waals surface area contributed by atoms with Crippen LogP contribution in [0.3, 0.4) is 0 Å². The molecule has 1 aromatic carbocycles. The van der Waals surface area contributed by atoms with Gasteiger partial charge in [0.2, 0.25) is 0 Å². The number of nitrogens with zero attached hydrogens (tertiary/aromatic N) is 1. The van der Waals surface area contributed by atoms with Gasteiger partial charge in [0, 0.05) is 12.6 Å².